The molecule has 300 valence electrons. The summed E-state index contributed by atoms with van der Waals surface area (Å²) in [5.41, 5.74) is -0.603. The fourth-order valence-electron chi connectivity index (χ4n) is 4.70. The number of aliphatic hydroxyl groups is 3. The normalized spacial score (nSPS) is 22.1. The number of rotatable bonds is 19. The van der Waals surface area contributed by atoms with Gasteiger partial charge in [0.05, 0.1) is 18.6 Å². The fraction of sp³-hybridized carbons (Fsp3) is 0.562. The van der Waals surface area contributed by atoms with Gasteiger partial charge in [0.2, 0.25) is 18.1 Å². The molecule has 6 atom stereocenters. The maximum atomic E-state index is 12.6. The van der Waals surface area contributed by atoms with Crippen LogP contribution < -0.4 is 20.1 Å². The first-order chi connectivity index (χ1) is 25.2. The van der Waals surface area contributed by atoms with Gasteiger partial charge < -0.3 is 54.7 Å². The summed E-state index contributed by atoms with van der Waals surface area (Å²) in [4.78, 5) is 72.9. The van der Waals surface area contributed by atoms with Gasteiger partial charge in [-0.15, -0.1) is 0 Å². The van der Waals surface area contributed by atoms with Crippen molar-refractivity contribution < 1.29 is 85.8 Å². The van der Waals surface area contributed by atoms with E-state index in [1.165, 1.54) is 18.2 Å². The topological polar surface area (TPSA) is 311 Å². The highest BCUT2D eigenvalue weighted by Gasteiger charge is 2.48. The molecule has 0 aliphatic carbocycles. The Hall–Kier alpha value is -4.71. The molecule has 0 radical (unpaired) electrons. The number of nitrogens with one attached hydrogen (secondary N) is 2. The maximum Gasteiger partial charge on any atom is 0.335 e. The Morgan fingerprint density at radius 3 is 2.26 bits per heavy atom. The number of aliphatic carboxylic acids is 1. The van der Waals surface area contributed by atoms with Gasteiger partial charge in [-0.05, 0) is 32.9 Å². The predicted octanol–water partition coefficient (Wildman–Crippen LogP) is -2.75. The Bertz CT molecular complexity index is 1680. The first-order valence-electron chi connectivity index (χ1n) is 16.3. The highest BCUT2D eigenvalue weighted by atomic mass is 32.2. The largest absolute Gasteiger partial charge is 0.491 e. The molecule has 54 heavy (non-hydrogen) atoms. The number of ether oxygens (including phenoxy) is 5. The van der Waals surface area contributed by atoms with Gasteiger partial charge in [-0.3, -0.25) is 33.4 Å². The number of amides is 4. The Morgan fingerprint density at radius 2 is 1.65 bits per heavy atom. The molecular formula is C32H43N3O18S. The van der Waals surface area contributed by atoms with Crippen LogP contribution in [-0.2, 0) is 59.7 Å². The summed E-state index contributed by atoms with van der Waals surface area (Å²) in [6.07, 6.45) is -7.89. The SMILES string of the molecule is CC(C)(C)C(=O)OCc1ccc(OCCOCCNC(=O)C(CS(=O)(=O)O)NC(=O)CCN2C(=O)C=CC2=O)cc1O[C@@H]1O[C@H](C(=O)O)[C@@H](O)[C@H](O)[C@H]1O. The van der Waals surface area contributed by atoms with E-state index in [2.05, 4.69) is 10.6 Å². The van der Waals surface area contributed by atoms with E-state index in [0.29, 0.717) is 0 Å². The van der Waals surface area contributed by atoms with Crippen LogP contribution >= 0.6 is 0 Å². The molecule has 21 nitrogen and oxygen atoms in total. The number of imide groups is 1. The third kappa shape index (κ3) is 13.0. The second kappa shape index (κ2) is 19.1. The van der Waals surface area contributed by atoms with Crippen molar-refractivity contribution in [3.63, 3.8) is 0 Å². The van der Waals surface area contributed by atoms with Crippen LogP contribution in [0, 0.1) is 5.41 Å². The minimum Gasteiger partial charge on any atom is -0.491 e. The highest BCUT2D eigenvalue weighted by molar-refractivity contribution is 7.85. The van der Waals surface area contributed by atoms with Crippen molar-refractivity contribution in [3.05, 3.63) is 35.9 Å². The van der Waals surface area contributed by atoms with Gasteiger partial charge in [-0.1, -0.05) is 0 Å². The van der Waals surface area contributed by atoms with Crippen LogP contribution in [0.1, 0.15) is 32.8 Å². The van der Waals surface area contributed by atoms with Crippen molar-refractivity contribution >= 4 is 45.7 Å². The van der Waals surface area contributed by atoms with E-state index in [-0.39, 0.29) is 56.6 Å². The molecule has 3 rings (SSSR count). The number of benzene rings is 1. The van der Waals surface area contributed by atoms with Crippen molar-refractivity contribution in [2.24, 2.45) is 5.41 Å². The zero-order valence-electron chi connectivity index (χ0n) is 29.4. The summed E-state index contributed by atoms with van der Waals surface area (Å²) in [7, 11) is -4.72. The zero-order valence-corrected chi connectivity index (χ0v) is 30.2. The van der Waals surface area contributed by atoms with Gasteiger partial charge in [-0.2, -0.15) is 8.42 Å². The summed E-state index contributed by atoms with van der Waals surface area (Å²) in [5.74, 6) is -6.36. The summed E-state index contributed by atoms with van der Waals surface area (Å²) in [5, 5.41) is 44.5. The van der Waals surface area contributed by atoms with Gasteiger partial charge in [0.25, 0.3) is 21.9 Å². The standard InChI is InChI=1S/C32H43N3O18S/c1-32(2,3)31(45)51-15-17-4-5-18(14-20(17)52-30-26(41)24(39)25(40)27(53-30)29(43)44)50-13-12-49-11-9-33-28(42)19(16-54(46,47)48)34-21(36)8-10-35-22(37)6-7-23(35)38/h4-7,14,19,24-27,30,39-41H,8-13,15-16H2,1-3H3,(H,33,42)(H,34,36)(H,43,44)(H,46,47,48)/t19?,24-,25-,26+,27-,30+/m0/s1. The van der Waals surface area contributed by atoms with Crippen molar-refractivity contribution in [3.8, 4) is 11.5 Å². The average molecular weight is 790 g/mol. The lowest BCUT2D eigenvalue weighted by atomic mass is 9.97. The first-order valence-corrected chi connectivity index (χ1v) is 17.9. The molecule has 0 aromatic heterocycles. The lowest BCUT2D eigenvalue weighted by Gasteiger charge is -2.38. The number of carbonyl (C=O) groups excluding carboxylic acids is 5. The smallest absolute Gasteiger partial charge is 0.335 e. The van der Waals surface area contributed by atoms with Gasteiger partial charge >= 0.3 is 11.9 Å². The Balaban J connectivity index is 1.54. The predicted molar refractivity (Wildman–Crippen MR) is 179 cm³/mol. The van der Waals surface area contributed by atoms with Crippen LogP contribution in [0.3, 0.4) is 0 Å². The zero-order chi connectivity index (χ0) is 40.4. The second-order valence-corrected chi connectivity index (χ2v) is 14.5. The molecule has 1 aromatic rings. The molecule has 1 aromatic carbocycles. The van der Waals surface area contributed by atoms with Gasteiger partial charge in [0.1, 0.15) is 54.8 Å². The first kappa shape index (κ1) is 43.7. The lowest BCUT2D eigenvalue weighted by Crippen LogP contribution is -2.61. The molecule has 2 aliphatic heterocycles. The Morgan fingerprint density at radius 1 is 0.981 bits per heavy atom. The minimum atomic E-state index is -4.72. The minimum absolute atomic E-state index is 0.0557. The van der Waals surface area contributed by atoms with Crippen LogP contribution in [0.4, 0.5) is 0 Å². The van der Waals surface area contributed by atoms with E-state index >= 15 is 0 Å². The maximum absolute atomic E-state index is 12.6. The molecule has 1 unspecified atom stereocenters. The number of aliphatic hydroxyl groups excluding tert-OH is 3. The quantitative estimate of drug-likeness (QED) is 0.0323. The van der Waals surface area contributed by atoms with E-state index in [9.17, 15) is 62.2 Å². The van der Waals surface area contributed by atoms with Crippen LogP contribution in [0.15, 0.2) is 30.4 Å². The van der Waals surface area contributed by atoms with Crippen molar-refractivity contribution in [2.45, 2.75) is 70.5 Å². The van der Waals surface area contributed by atoms with Crippen LogP contribution in [0.25, 0.3) is 0 Å². The van der Waals surface area contributed by atoms with Crippen LogP contribution in [-0.4, -0.2) is 149 Å². The molecule has 1 saturated heterocycles. The average Bonchev–Trinajstić information content (AvgIpc) is 3.40. The number of hydrogen-bond donors (Lipinski definition) is 7. The molecule has 4 amide bonds. The van der Waals surface area contributed by atoms with Gasteiger partial charge in [0.15, 0.2) is 6.10 Å². The highest BCUT2D eigenvalue weighted by Crippen LogP contribution is 2.31. The molecule has 2 aliphatic rings. The Labute approximate surface area is 308 Å². The monoisotopic (exact) mass is 789 g/mol. The molecule has 0 saturated carbocycles. The number of carboxylic acid groups (broad SMARTS) is 1. The van der Waals surface area contributed by atoms with E-state index in [4.69, 9.17) is 23.7 Å². The number of esters is 1. The van der Waals surface area contributed by atoms with E-state index in [0.717, 1.165) is 17.1 Å². The molecule has 7 N–H and O–H groups in total. The third-order valence-electron chi connectivity index (χ3n) is 7.60. The molecule has 0 spiro atoms. The van der Waals surface area contributed by atoms with Crippen molar-refractivity contribution in [1.29, 1.82) is 0 Å². The fourth-order valence-corrected chi connectivity index (χ4v) is 5.36. The van der Waals surface area contributed by atoms with E-state index in [1.54, 1.807) is 20.8 Å². The second-order valence-electron chi connectivity index (χ2n) is 13.0. The molecule has 22 heteroatoms. The van der Waals surface area contributed by atoms with Crippen LogP contribution in [0.2, 0.25) is 0 Å². The van der Waals surface area contributed by atoms with Crippen molar-refractivity contribution in [1.82, 2.24) is 15.5 Å². The summed E-state index contributed by atoms with van der Waals surface area (Å²) in [6, 6.07) is 2.53. The number of hydrogen-bond acceptors (Lipinski definition) is 16. The lowest BCUT2D eigenvalue weighted by molar-refractivity contribution is -0.271. The van der Waals surface area contributed by atoms with E-state index in [1.807, 2.05) is 0 Å². The number of carboxylic acids is 1. The number of nitrogens with zero attached hydrogens (tertiary/aromatic N) is 1. The van der Waals surface area contributed by atoms with Gasteiger partial charge in [-0.25, -0.2) is 4.79 Å². The number of carbonyl (C=O) groups is 6. The summed E-state index contributed by atoms with van der Waals surface area (Å²) in [6.45, 7) is 3.85. The summed E-state index contributed by atoms with van der Waals surface area (Å²) >= 11 is 0. The molecule has 0 bridgehead atoms. The van der Waals surface area contributed by atoms with E-state index < -0.39 is 100 Å². The third-order valence-corrected chi connectivity index (χ3v) is 8.35. The molecule has 1 fully saturated rings. The van der Waals surface area contributed by atoms with Crippen LogP contribution in [0.5, 0.6) is 11.5 Å². The molecule has 2 heterocycles. The Kier molecular flexibility index (Phi) is 15.4. The van der Waals surface area contributed by atoms with Gasteiger partial charge in [0, 0.05) is 43.3 Å². The molecular weight excluding hydrogens is 746 g/mol. The van der Waals surface area contributed by atoms with Crippen molar-refractivity contribution in [2.75, 3.05) is 38.7 Å². The summed E-state index contributed by atoms with van der Waals surface area (Å²) < 4.78 is 59.5.